The minimum Gasteiger partial charge on any atom is -0.369 e. The fraction of sp³-hybridized carbons (Fsp3) is 0.750. The van der Waals surface area contributed by atoms with Gasteiger partial charge in [0, 0.05) is 19.4 Å². The molecule has 14 heavy (non-hydrogen) atoms. The quantitative estimate of drug-likeness (QED) is 0.670. The fourth-order valence-corrected chi connectivity index (χ4v) is 2.72. The van der Waals surface area contributed by atoms with E-state index in [0.29, 0.717) is 6.42 Å². The number of hydrogen-bond donors (Lipinski definition) is 2. The molecule has 6 heteroatoms. The first-order chi connectivity index (χ1) is 6.46. The minimum absolute atomic E-state index is 0.357. The van der Waals surface area contributed by atoms with Gasteiger partial charge in [0.2, 0.25) is 0 Å². The molecule has 5 nitrogen and oxygen atoms in total. The van der Waals surface area contributed by atoms with Crippen LogP contribution in [-0.4, -0.2) is 36.3 Å². The highest BCUT2D eigenvalue weighted by Gasteiger charge is 2.34. The van der Waals surface area contributed by atoms with E-state index in [1.54, 1.807) is 24.3 Å². The molecule has 1 heterocycles. The van der Waals surface area contributed by atoms with Gasteiger partial charge in [-0.15, -0.1) is 0 Å². The summed E-state index contributed by atoms with van der Waals surface area (Å²) in [6.07, 6.45) is 4.24. The lowest BCUT2D eigenvalue weighted by atomic mass is 10.2. The van der Waals surface area contributed by atoms with Crippen LogP contribution in [0.3, 0.4) is 0 Å². The Labute approximate surface area is 84.5 Å². The predicted octanol–water partition coefficient (Wildman–Crippen LogP) is 0.375. The van der Waals surface area contributed by atoms with Gasteiger partial charge in [0.05, 0.1) is 0 Å². The van der Waals surface area contributed by atoms with Crippen molar-refractivity contribution >= 4 is 10.1 Å². The maximum absolute atomic E-state index is 11.1. The topological polar surface area (TPSA) is 69.6 Å². The molecule has 1 aliphatic heterocycles. The third kappa shape index (κ3) is 2.39. The maximum Gasteiger partial charge on any atom is 0.271 e. The van der Waals surface area contributed by atoms with Gasteiger partial charge in [0.25, 0.3) is 10.1 Å². The average Bonchev–Trinajstić information content (AvgIpc) is 2.45. The summed E-state index contributed by atoms with van der Waals surface area (Å²) in [5, 5.41) is 2.13. The summed E-state index contributed by atoms with van der Waals surface area (Å²) in [4.78, 5) is 1.74. The summed E-state index contributed by atoms with van der Waals surface area (Å²) < 4.78 is 31.3. The Bertz CT molecular complexity index is 313. The smallest absolute Gasteiger partial charge is 0.271 e. The fourth-order valence-electron chi connectivity index (χ4n) is 1.59. The van der Waals surface area contributed by atoms with Gasteiger partial charge in [-0.25, -0.2) is 0 Å². The van der Waals surface area contributed by atoms with E-state index < -0.39 is 15.4 Å². The van der Waals surface area contributed by atoms with Crippen LogP contribution in [0.25, 0.3) is 0 Å². The Morgan fingerprint density at radius 1 is 1.64 bits per heavy atom. The molecule has 0 fully saturated rings. The standard InChI is InChI=1S/C8H16N2O3S/c1-3-4-7(14(11,12)13)8-9-5-6-10(8)2/h5-9H,3-4H2,1-2H3,(H,11,12,13). The molecular weight excluding hydrogens is 204 g/mol. The minimum atomic E-state index is -3.99. The second-order valence-corrected chi connectivity index (χ2v) is 5.07. The Morgan fingerprint density at radius 2 is 2.29 bits per heavy atom. The van der Waals surface area contributed by atoms with E-state index in [1.807, 2.05) is 6.92 Å². The first-order valence-electron chi connectivity index (χ1n) is 4.57. The third-order valence-electron chi connectivity index (χ3n) is 2.32. The van der Waals surface area contributed by atoms with E-state index in [-0.39, 0.29) is 6.17 Å². The van der Waals surface area contributed by atoms with Crippen LogP contribution < -0.4 is 5.32 Å². The normalized spacial score (nSPS) is 23.6. The lowest BCUT2D eigenvalue weighted by Gasteiger charge is -2.27. The van der Waals surface area contributed by atoms with Crippen molar-refractivity contribution in [3.63, 3.8) is 0 Å². The number of nitrogens with zero attached hydrogens (tertiary/aromatic N) is 1. The van der Waals surface area contributed by atoms with Crippen LogP contribution in [0.1, 0.15) is 19.8 Å². The van der Waals surface area contributed by atoms with Gasteiger partial charge in [0.15, 0.2) is 0 Å². The second kappa shape index (κ2) is 4.18. The maximum atomic E-state index is 11.1. The number of rotatable bonds is 4. The van der Waals surface area contributed by atoms with Crippen LogP contribution in [0, 0.1) is 0 Å². The molecule has 1 rings (SSSR count). The summed E-state index contributed by atoms with van der Waals surface area (Å²) in [6, 6.07) is 0. The first-order valence-corrected chi connectivity index (χ1v) is 6.08. The van der Waals surface area contributed by atoms with Crippen LogP contribution in [0.5, 0.6) is 0 Å². The monoisotopic (exact) mass is 220 g/mol. The third-order valence-corrected chi connectivity index (χ3v) is 3.58. The SMILES string of the molecule is CCCC(C1NC=CN1C)S(=O)(=O)O. The molecule has 0 aliphatic carbocycles. The highest BCUT2D eigenvalue weighted by atomic mass is 32.2. The summed E-state index contributed by atoms with van der Waals surface area (Å²) in [5.74, 6) is 0. The Hall–Kier alpha value is -0.750. The molecule has 0 bridgehead atoms. The van der Waals surface area contributed by atoms with E-state index >= 15 is 0 Å². The molecule has 2 atom stereocenters. The summed E-state index contributed by atoms with van der Waals surface area (Å²) in [6.45, 7) is 1.89. The van der Waals surface area contributed by atoms with Crippen LogP contribution >= 0.6 is 0 Å². The molecular formula is C8H16N2O3S. The molecule has 0 saturated carbocycles. The van der Waals surface area contributed by atoms with E-state index in [2.05, 4.69) is 5.32 Å². The zero-order valence-electron chi connectivity index (χ0n) is 8.34. The first kappa shape index (κ1) is 11.3. The van der Waals surface area contributed by atoms with E-state index in [1.165, 1.54) is 0 Å². The van der Waals surface area contributed by atoms with Gasteiger partial charge in [-0.3, -0.25) is 4.55 Å². The van der Waals surface area contributed by atoms with Crippen LogP contribution in [0.15, 0.2) is 12.4 Å². The average molecular weight is 220 g/mol. The van der Waals surface area contributed by atoms with Crippen LogP contribution in [-0.2, 0) is 10.1 Å². The molecule has 0 aromatic rings. The lowest BCUT2D eigenvalue weighted by molar-refractivity contribution is 0.296. The van der Waals surface area contributed by atoms with E-state index in [9.17, 15) is 8.42 Å². The number of nitrogens with one attached hydrogen (secondary N) is 1. The summed E-state index contributed by atoms with van der Waals surface area (Å²) in [7, 11) is -2.21. The second-order valence-electron chi connectivity index (χ2n) is 3.43. The molecule has 2 N–H and O–H groups in total. The summed E-state index contributed by atoms with van der Waals surface area (Å²) in [5.41, 5.74) is 0. The molecule has 0 aromatic carbocycles. The zero-order chi connectivity index (χ0) is 10.8. The molecule has 0 radical (unpaired) electrons. The molecule has 0 aromatic heterocycles. The van der Waals surface area contributed by atoms with Crippen molar-refractivity contribution in [1.29, 1.82) is 0 Å². The van der Waals surface area contributed by atoms with Crippen LogP contribution in [0.2, 0.25) is 0 Å². The predicted molar refractivity (Wildman–Crippen MR) is 54.1 cm³/mol. The Balaban J connectivity index is 2.79. The highest BCUT2D eigenvalue weighted by Crippen LogP contribution is 2.17. The summed E-state index contributed by atoms with van der Waals surface area (Å²) >= 11 is 0. The van der Waals surface area contributed by atoms with Crippen molar-refractivity contribution in [3.8, 4) is 0 Å². The Kier molecular flexibility index (Phi) is 3.38. The van der Waals surface area contributed by atoms with Crippen LogP contribution in [0.4, 0.5) is 0 Å². The Morgan fingerprint density at radius 3 is 2.64 bits per heavy atom. The van der Waals surface area contributed by atoms with Gasteiger partial charge in [0.1, 0.15) is 11.4 Å². The molecule has 0 amide bonds. The molecule has 0 saturated heterocycles. The molecule has 2 unspecified atom stereocenters. The van der Waals surface area contributed by atoms with Gasteiger partial charge in [-0.2, -0.15) is 8.42 Å². The van der Waals surface area contributed by atoms with Crippen molar-refractivity contribution in [3.05, 3.63) is 12.4 Å². The lowest BCUT2D eigenvalue weighted by Crippen LogP contribution is -2.47. The largest absolute Gasteiger partial charge is 0.369 e. The molecule has 1 aliphatic rings. The van der Waals surface area contributed by atoms with Gasteiger partial charge in [-0.1, -0.05) is 13.3 Å². The van der Waals surface area contributed by atoms with Gasteiger partial charge < -0.3 is 10.2 Å². The van der Waals surface area contributed by atoms with Crippen molar-refractivity contribution in [1.82, 2.24) is 10.2 Å². The van der Waals surface area contributed by atoms with E-state index in [4.69, 9.17) is 4.55 Å². The van der Waals surface area contributed by atoms with Crippen molar-refractivity contribution in [2.45, 2.75) is 31.2 Å². The van der Waals surface area contributed by atoms with E-state index in [0.717, 1.165) is 6.42 Å². The molecule has 0 spiro atoms. The number of hydrogen-bond acceptors (Lipinski definition) is 4. The van der Waals surface area contributed by atoms with Crippen molar-refractivity contribution < 1.29 is 13.0 Å². The van der Waals surface area contributed by atoms with Crippen molar-refractivity contribution in [2.75, 3.05) is 7.05 Å². The van der Waals surface area contributed by atoms with Gasteiger partial charge in [-0.05, 0) is 6.42 Å². The van der Waals surface area contributed by atoms with Gasteiger partial charge >= 0.3 is 0 Å². The van der Waals surface area contributed by atoms with Crippen molar-refractivity contribution in [2.24, 2.45) is 0 Å². The molecule has 82 valence electrons. The highest BCUT2D eigenvalue weighted by molar-refractivity contribution is 7.86. The zero-order valence-corrected chi connectivity index (χ0v) is 9.16.